The molecule has 1 N–H and O–H groups in total. The van der Waals surface area contributed by atoms with Crippen LogP contribution < -0.4 is 0 Å². The van der Waals surface area contributed by atoms with Crippen LogP contribution in [0.2, 0.25) is 0 Å². The van der Waals surface area contributed by atoms with Crippen molar-refractivity contribution in [3.8, 4) is 11.5 Å². The Morgan fingerprint density at radius 2 is 2.15 bits per heavy atom. The maximum atomic E-state index is 11.4. The first-order valence-corrected chi connectivity index (χ1v) is 6.25. The van der Waals surface area contributed by atoms with E-state index in [1.807, 2.05) is 13.8 Å². The number of aryl methyl sites for hydroxylation is 1. The van der Waals surface area contributed by atoms with Gasteiger partial charge in [0.25, 0.3) is 0 Å². The lowest BCUT2D eigenvalue weighted by Gasteiger charge is -2.22. The van der Waals surface area contributed by atoms with Gasteiger partial charge in [0.05, 0.1) is 23.9 Å². The van der Waals surface area contributed by atoms with Crippen LogP contribution in [0.3, 0.4) is 0 Å². The van der Waals surface area contributed by atoms with Gasteiger partial charge in [-0.1, -0.05) is 6.92 Å². The molecule has 8 nitrogen and oxygen atoms in total. The summed E-state index contributed by atoms with van der Waals surface area (Å²) >= 11 is 0. The van der Waals surface area contributed by atoms with Crippen LogP contribution in [-0.4, -0.2) is 41.3 Å². The molecule has 2 aromatic rings. The zero-order valence-electron chi connectivity index (χ0n) is 11.6. The molecule has 0 aromatic carbocycles. The van der Waals surface area contributed by atoms with Crippen molar-refractivity contribution in [2.45, 2.75) is 33.7 Å². The lowest BCUT2D eigenvalue weighted by Crippen LogP contribution is -2.32. The Labute approximate surface area is 115 Å². The summed E-state index contributed by atoms with van der Waals surface area (Å²) in [6.07, 6.45) is 3.66. The number of carbonyl (C=O) groups is 1. The monoisotopic (exact) mass is 276 g/mol. The fraction of sp³-hybridized carbons (Fsp3) is 0.500. The maximum Gasteiger partial charge on any atom is 0.311 e. The molecule has 0 aliphatic carbocycles. The molecule has 0 radical (unpaired) electrons. The van der Waals surface area contributed by atoms with E-state index in [0.717, 1.165) is 5.69 Å². The van der Waals surface area contributed by atoms with E-state index in [1.54, 1.807) is 19.3 Å². The Morgan fingerprint density at radius 1 is 1.40 bits per heavy atom. The second-order valence-corrected chi connectivity index (χ2v) is 4.92. The molecule has 2 rings (SSSR count). The Balaban J connectivity index is 2.34. The van der Waals surface area contributed by atoms with E-state index in [-0.39, 0.29) is 6.54 Å². The van der Waals surface area contributed by atoms with Crippen molar-refractivity contribution >= 4 is 5.97 Å². The van der Waals surface area contributed by atoms with Gasteiger partial charge in [-0.15, -0.1) is 5.10 Å². The summed E-state index contributed by atoms with van der Waals surface area (Å²) in [6.45, 7) is 5.50. The molecule has 0 bridgehead atoms. The van der Waals surface area contributed by atoms with Crippen molar-refractivity contribution in [2.24, 2.45) is 5.41 Å². The van der Waals surface area contributed by atoms with Crippen molar-refractivity contribution in [3.05, 3.63) is 18.1 Å². The Bertz CT molecular complexity index is 609. The summed E-state index contributed by atoms with van der Waals surface area (Å²) in [7, 11) is 0. The first-order valence-electron chi connectivity index (χ1n) is 6.25. The van der Waals surface area contributed by atoms with E-state index < -0.39 is 11.4 Å². The molecule has 20 heavy (non-hydrogen) atoms. The highest BCUT2D eigenvalue weighted by Crippen LogP contribution is 2.25. The number of tetrazole rings is 1. The second kappa shape index (κ2) is 5.32. The molecule has 0 aliphatic heterocycles. The van der Waals surface area contributed by atoms with Crippen LogP contribution >= 0.6 is 0 Å². The smallest absolute Gasteiger partial charge is 0.311 e. The highest BCUT2D eigenvalue weighted by Gasteiger charge is 2.33. The van der Waals surface area contributed by atoms with Crippen molar-refractivity contribution in [3.63, 3.8) is 0 Å². The number of nitrogens with zero attached hydrogens (tertiary/aromatic N) is 6. The maximum absolute atomic E-state index is 11.4. The largest absolute Gasteiger partial charge is 0.481 e. The van der Waals surface area contributed by atoms with Crippen molar-refractivity contribution < 1.29 is 9.90 Å². The summed E-state index contributed by atoms with van der Waals surface area (Å²) in [6, 6.07) is 0. The predicted molar refractivity (Wildman–Crippen MR) is 69.6 cm³/mol. The van der Waals surface area contributed by atoms with E-state index in [0.29, 0.717) is 17.9 Å². The molecular formula is C12H16N6O2. The van der Waals surface area contributed by atoms with E-state index in [1.165, 1.54) is 4.68 Å². The van der Waals surface area contributed by atoms with E-state index >= 15 is 0 Å². The van der Waals surface area contributed by atoms with Gasteiger partial charge in [-0.25, -0.2) is 9.67 Å². The summed E-state index contributed by atoms with van der Waals surface area (Å²) in [5.41, 5.74) is 0.378. The number of hydrogen-bond acceptors (Lipinski definition) is 6. The molecule has 2 aromatic heterocycles. The van der Waals surface area contributed by atoms with E-state index in [9.17, 15) is 9.90 Å². The molecule has 0 saturated carbocycles. The van der Waals surface area contributed by atoms with Gasteiger partial charge in [0, 0.05) is 6.20 Å². The number of carboxylic acid groups (broad SMARTS) is 1. The van der Waals surface area contributed by atoms with Crippen molar-refractivity contribution in [1.29, 1.82) is 0 Å². The second-order valence-electron chi connectivity index (χ2n) is 4.92. The number of aliphatic carboxylic acids is 1. The summed E-state index contributed by atoms with van der Waals surface area (Å²) < 4.78 is 1.46. The van der Waals surface area contributed by atoms with Crippen LogP contribution in [0.1, 0.15) is 26.0 Å². The van der Waals surface area contributed by atoms with Gasteiger partial charge in [-0.3, -0.25) is 9.78 Å². The van der Waals surface area contributed by atoms with Crippen LogP contribution in [-0.2, 0) is 11.3 Å². The first-order chi connectivity index (χ1) is 9.46. The minimum Gasteiger partial charge on any atom is -0.481 e. The molecule has 106 valence electrons. The van der Waals surface area contributed by atoms with E-state index in [2.05, 4.69) is 25.5 Å². The topological polar surface area (TPSA) is 107 Å². The van der Waals surface area contributed by atoms with Gasteiger partial charge in [-0.05, 0) is 30.7 Å². The Morgan fingerprint density at radius 3 is 2.70 bits per heavy atom. The standard InChI is InChI=1S/C12H16N6O2/c1-4-12(3,11(19)20)7-18-10(15-16-17-18)9-6-13-8(2)5-14-9/h5-6H,4,7H2,1-3H3,(H,19,20). The van der Waals surface area contributed by atoms with Gasteiger partial charge >= 0.3 is 5.97 Å². The van der Waals surface area contributed by atoms with Crippen LogP contribution in [0, 0.1) is 12.3 Å². The van der Waals surface area contributed by atoms with Gasteiger partial charge in [0.2, 0.25) is 5.82 Å². The minimum atomic E-state index is -0.928. The highest BCUT2D eigenvalue weighted by molar-refractivity contribution is 5.74. The van der Waals surface area contributed by atoms with Gasteiger partial charge in [0.1, 0.15) is 5.69 Å². The van der Waals surface area contributed by atoms with E-state index in [4.69, 9.17) is 0 Å². The molecule has 0 spiro atoms. The molecule has 0 saturated heterocycles. The molecule has 0 amide bonds. The SMILES string of the molecule is CCC(C)(Cn1nnnc1-c1cnc(C)cn1)C(=O)O. The molecule has 1 atom stereocenters. The van der Waals surface area contributed by atoms with Crippen LogP contribution in [0.25, 0.3) is 11.5 Å². The number of hydrogen-bond donors (Lipinski definition) is 1. The molecule has 2 heterocycles. The van der Waals surface area contributed by atoms with Crippen molar-refractivity contribution in [1.82, 2.24) is 30.2 Å². The highest BCUT2D eigenvalue weighted by atomic mass is 16.4. The van der Waals surface area contributed by atoms with Crippen LogP contribution in [0.5, 0.6) is 0 Å². The predicted octanol–water partition coefficient (Wildman–Crippen LogP) is 0.939. The number of carboxylic acids is 1. The fourth-order valence-electron chi connectivity index (χ4n) is 1.66. The summed E-state index contributed by atoms with van der Waals surface area (Å²) in [5.74, 6) is -0.463. The summed E-state index contributed by atoms with van der Waals surface area (Å²) in [4.78, 5) is 19.7. The third kappa shape index (κ3) is 2.63. The molecule has 0 fully saturated rings. The van der Waals surface area contributed by atoms with Crippen molar-refractivity contribution in [2.75, 3.05) is 0 Å². The quantitative estimate of drug-likeness (QED) is 0.865. The van der Waals surface area contributed by atoms with Gasteiger partial charge in [0.15, 0.2) is 0 Å². The normalized spacial score (nSPS) is 13.9. The van der Waals surface area contributed by atoms with Crippen LogP contribution in [0.4, 0.5) is 0 Å². The number of aromatic nitrogens is 6. The average Bonchev–Trinajstić information content (AvgIpc) is 2.87. The zero-order valence-corrected chi connectivity index (χ0v) is 11.6. The Kier molecular flexibility index (Phi) is 3.73. The molecule has 8 heteroatoms. The van der Waals surface area contributed by atoms with Gasteiger partial charge < -0.3 is 5.11 Å². The minimum absolute atomic E-state index is 0.177. The average molecular weight is 276 g/mol. The first kappa shape index (κ1) is 14.0. The number of rotatable bonds is 5. The molecular weight excluding hydrogens is 260 g/mol. The van der Waals surface area contributed by atoms with Crippen LogP contribution in [0.15, 0.2) is 12.4 Å². The fourth-order valence-corrected chi connectivity index (χ4v) is 1.66. The lowest BCUT2D eigenvalue weighted by molar-refractivity contribution is -0.149. The third-order valence-corrected chi connectivity index (χ3v) is 3.34. The molecule has 1 unspecified atom stereocenters. The zero-order chi connectivity index (χ0) is 14.8. The third-order valence-electron chi connectivity index (χ3n) is 3.34. The molecule has 0 aliphatic rings. The Hall–Kier alpha value is -2.38. The summed E-state index contributed by atoms with van der Waals surface area (Å²) in [5, 5.41) is 20.7. The lowest BCUT2D eigenvalue weighted by atomic mass is 9.88. The van der Waals surface area contributed by atoms with Gasteiger partial charge in [-0.2, -0.15) is 0 Å².